The van der Waals surface area contributed by atoms with Crippen LogP contribution in [-0.4, -0.2) is 12.6 Å². The molecule has 0 heterocycles. The molecule has 2 aromatic rings. The highest BCUT2D eigenvalue weighted by atomic mass is 19.3. The molecule has 0 amide bonds. The lowest BCUT2D eigenvalue weighted by Crippen LogP contribution is -2.24. The highest BCUT2D eigenvalue weighted by Crippen LogP contribution is 2.30. The maximum atomic E-state index is 12.3. The summed E-state index contributed by atoms with van der Waals surface area (Å²) in [7, 11) is 0. The quantitative estimate of drug-likeness (QED) is 0.508. The minimum Gasteiger partial charge on any atom is -0.435 e. The van der Waals surface area contributed by atoms with Crippen LogP contribution in [0, 0.1) is 11.8 Å². The summed E-state index contributed by atoms with van der Waals surface area (Å²) < 4.78 is 34.2. The minimum atomic E-state index is -2.83. The van der Waals surface area contributed by atoms with Gasteiger partial charge in [0.25, 0.3) is 0 Å². The van der Waals surface area contributed by atoms with Crippen LogP contribution in [0.2, 0.25) is 0 Å². The van der Waals surface area contributed by atoms with Crippen LogP contribution in [0.4, 0.5) is 8.78 Å². The van der Waals surface area contributed by atoms with Gasteiger partial charge in [-0.25, -0.2) is 0 Å². The van der Waals surface area contributed by atoms with Crippen LogP contribution in [0.15, 0.2) is 48.5 Å². The largest absolute Gasteiger partial charge is 0.435 e. The van der Waals surface area contributed by atoms with E-state index in [-0.39, 0.29) is 17.6 Å². The number of hydrogen-bond donors (Lipinski definition) is 0. The molecule has 1 aliphatic rings. The van der Waals surface area contributed by atoms with E-state index in [1.54, 1.807) is 24.3 Å². The van der Waals surface area contributed by atoms with Crippen LogP contribution in [0.5, 0.6) is 11.5 Å². The summed E-state index contributed by atoms with van der Waals surface area (Å²) in [6, 6.07) is 13.6. The summed E-state index contributed by atoms with van der Waals surface area (Å²) >= 11 is 0. The van der Waals surface area contributed by atoms with Crippen molar-refractivity contribution in [3.63, 3.8) is 0 Å². The Morgan fingerprint density at radius 1 is 0.885 bits per heavy atom. The molecule has 0 radical (unpaired) electrons. The number of benzene rings is 2. The molecule has 138 valence electrons. The fourth-order valence-electron chi connectivity index (χ4n) is 3.24. The Labute approximate surface area is 151 Å². The maximum Gasteiger partial charge on any atom is 0.387 e. The van der Waals surface area contributed by atoms with Gasteiger partial charge in [0.1, 0.15) is 11.5 Å². The lowest BCUT2D eigenvalue weighted by Gasteiger charge is -2.24. The van der Waals surface area contributed by atoms with Gasteiger partial charge in [0.2, 0.25) is 0 Å². The van der Waals surface area contributed by atoms with Gasteiger partial charge in [-0.2, -0.15) is 8.78 Å². The standard InChI is InChI=1S/C21H22F2O3/c1-14-2-4-17(5-3-14)20(24)25-18-10-6-15(7-11-18)16-8-12-19(13-9-16)26-21(22)23/h6-14,17,21H,2-5H2,1H3. The van der Waals surface area contributed by atoms with Crippen LogP contribution < -0.4 is 9.47 Å². The zero-order valence-corrected chi connectivity index (χ0v) is 14.7. The van der Waals surface area contributed by atoms with Gasteiger partial charge in [0.15, 0.2) is 0 Å². The van der Waals surface area contributed by atoms with Crippen molar-refractivity contribution in [2.45, 2.75) is 39.2 Å². The predicted molar refractivity (Wildman–Crippen MR) is 95.3 cm³/mol. The molecule has 0 aromatic heterocycles. The third kappa shape index (κ3) is 4.81. The van der Waals surface area contributed by atoms with Crippen molar-refractivity contribution in [1.82, 2.24) is 0 Å². The average molecular weight is 360 g/mol. The van der Waals surface area contributed by atoms with Crippen molar-refractivity contribution >= 4 is 5.97 Å². The van der Waals surface area contributed by atoms with Gasteiger partial charge in [-0.15, -0.1) is 0 Å². The highest BCUT2D eigenvalue weighted by Gasteiger charge is 2.25. The number of carbonyl (C=O) groups excluding carboxylic acids is 1. The van der Waals surface area contributed by atoms with Gasteiger partial charge in [0.05, 0.1) is 5.92 Å². The fraction of sp³-hybridized carbons (Fsp3) is 0.381. The van der Waals surface area contributed by atoms with Crippen LogP contribution >= 0.6 is 0 Å². The molecule has 0 saturated heterocycles. The first-order valence-corrected chi connectivity index (χ1v) is 8.88. The molecule has 0 bridgehead atoms. The van der Waals surface area contributed by atoms with E-state index >= 15 is 0 Å². The zero-order valence-electron chi connectivity index (χ0n) is 14.7. The molecule has 0 spiro atoms. The lowest BCUT2D eigenvalue weighted by molar-refractivity contribution is -0.140. The van der Waals surface area contributed by atoms with Gasteiger partial charge >= 0.3 is 12.6 Å². The van der Waals surface area contributed by atoms with Gasteiger partial charge in [0, 0.05) is 0 Å². The van der Waals surface area contributed by atoms with Crippen molar-refractivity contribution in [1.29, 1.82) is 0 Å². The van der Waals surface area contributed by atoms with E-state index in [9.17, 15) is 13.6 Å². The van der Waals surface area contributed by atoms with Crippen molar-refractivity contribution in [3.05, 3.63) is 48.5 Å². The number of hydrogen-bond acceptors (Lipinski definition) is 3. The van der Waals surface area contributed by atoms with Gasteiger partial charge in [-0.3, -0.25) is 4.79 Å². The Kier molecular flexibility index (Phi) is 5.86. The number of alkyl halides is 2. The Hall–Kier alpha value is -2.43. The van der Waals surface area contributed by atoms with Gasteiger partial charge in [-0.05, 0) is 67.0 Å². The number of carbonyl (C=O) groups is 1. The minimum absolute atomic E-state index is 0.00624. The van der Waals surface area contributed by atoms with Crippen LogP contribution in [-0.2, 0) is 4.79 Å². The smallest absolute Gasteiger partial charge is 0.387 e. The topological polar surface area (TPSA) is 35.5 Å². The molecule has 1 fully saturated rings. The van der Waals surface area contributed by atoms with Crippen LogP contribution in [0.1, 0.15) is 32.6 Å². The first-order valence-electron chi connectivity index (χ1n) is 8.88. The lowest BCUT2D eigenvalue weighted by atomic mass is 9.83. The second kappa shape index (κ2) is 8.30. The van der Waals surface area contributed by atoms with E-state index in [0.29, 0.717) is 11.7 Å². The number of halogens is 2. The van der Waals surface area contributed by atoms with Crippen LogP contribution in [0.25, 0.3) is 11.1 Å². The van der Waals surface area contributed by atoms with Crippen molar-refractivity contribution in [2.75, 3.05) is 0 Å². The first-order chi connectivity index (χ1) is 12.5. The molecule has 1 aliphatic carbocycles. The Morgan fingerprint density at radius 2 is 1.38 bits per heavy atom. The fourth-order valence-corrected chi connectivity index (χ4v) is 3.24. The summed E-state index contributed by atoms with van der Waals surface area (Å²) in [4.78, 5) is 12.3. The summed E-state index contributed by atoms with van der Waals surface area (Å²) in [6.07, 6.45) is 3.93. The molecule has 2 aromatic carbocycles. The zero-order chi connectivity index (χ0) is 18.5. The summed E-state index contributed by atoms with van der Waals surface area (Å²) in [6.45, 7) is -0.617. The first kappa shape index (κ1) is 18.4. The SMILES string of the molecule is CC1CCC(C(=O)Oc2ccc(-c3ccc(OC(F)F)cc3)cc2)CC1. The third-order valence-corrected chi connectivity index (χ3v) is 4.83. The van der Waals surface area contributed by atoms with E-state index in [1.165, 1.54) is 12.1 Å². The van der Waals surface area contributed by atoms with Crippen molar-refractivity contribution in [2.24, 2.45) is 11.8 Å². The molecular weight excluding hydrogens is 338 g/mol. The molecule has 5 heteroatoms. The third-order valence-electron chi connectivity index (χ3n) is 4.83. The Morgan fingerprint density at radius 3 is 1.88 bits per heavy atom. The monoisotopic (exact) mass is 360 g/mol. The number of ether oxygens (including phenoxy) is 2. The van der Waals surface area contributed by atoms with Crippen molar-refractivity contribution < 1.29 is 23.0 Å². The van der Waals surface area contributed by atoms with E-state index in [4.69, 9.17) is 4.74 Å². The second-order valence-corrected chi connectivity index (χ2v) is 6.81. The number of rotatable bonds is 5. The van der Waals surface area contributed by atoms with Gasteiger partial charge in [-0.1, -0.05) is 31.2 Å². The molecule has 3 nitrogen and oxygen atoms in total. The molecule has 0 aliphatic heterocycles. The summed E-state index contributed by atoms with van der Waals surface area (Å²) in [5.41, 5.74) is 1.77. The predicted octanol–water partition coefficient (Wildman–Crippen LogP) is 5.69. The summed E-state index contributed by atoms with van der Waals surface area (Å²) in [5.74, 6) is 1.17. The summed E-state index contributed by atoms with van der Waals surface area (Å²) in [5, 5.41) is 0. The van der Waals surface area contributed by atoms with E-state index in [0.717, 1.165) is 36.8 Å². The maximum absolute atomic E-state index is 12.3. The van der Waals surface area contributed by atoms with Crippen LogP contribution in [0.3, 0.4) is 0 Å². The second-order valence-electron chi connectivity index (χ2n) is 6.81. The van der Waals surface area contributed by atoms with E-state index < -0.39 is 6.61 Å². The Bertz CT molecular complexity index is 718. The molecule has 0 atom stereocenters. The molecule has 0 unspecified atom stereocenters. The molecule has 3 rings (SSSR count). The Balaban J connectivity index is 1.60. The highest BCUT2D eigenvalue weighted by molar-refractivity contribution is 5.75. The number of esters is 1. The molecule has 26 heavy (non-hydrogen) atoms. The van der Waals surface area contributed by atoms with E-state index in [2.05, 4.69) is 11.7 Å². The molecular formula is C21H22F2O3. The normalized spacial score (nSPS) is 20.0. The molecule has 1 saturated carbocycles. The molecule has 0 N–H and O–H groups in total. The van der Waals surface area contributed by atoms with Crippen molar-refractivity contribution in [3.8, 4) is 22.6 Å². The van der Waals surface area contributed by atoms with Gasteiger partial charge < -0.3 is 9.47 Å². The van der Waals surface area contributed by atoms with E-state index in [1.807, 2.05) is 12.1 Å². The average Bonchev–Trinajstić information content (AvgIpc) is 2.63.